The van der Waals surface area contributed by atoms with Crippen molar-refractivity contribution in [2.45, 2.75) is 24.8 Å². The predicted molar refractivity (Wildman–Crippen MR) is 102 cm³/mol. The Balaban J connectivity index is 1.87. The smallest absolute Gasteiger partial charge is 0.240 e. The Morgan fingerprint density at radius 3 is 2.40 bits per heavy atom. The summed E-state index contributed by atoms with van der Waals surface area (Å²) < 4.78 is 27.6. The van der Waals surface area contributed by atoms with Crippen molar-refractivity contribution in [3.8, 4) is 0 Å². The van der Waals surface area contributed by atoms with Gasteiger partial charge in [0.05, 0.1) is 4.90 Å². The van der Waals surface area contributed by atoms with Gasteiger partial charge in [-0.3, -0.25) is 4.79 Å². The van der Waals surface area contributed by atoms with Gasteiger partial charge in [-0.25, -0.2) is 13.1 Å². The minimum Gasteiger partial charge on any atom is -0.341 e. The molecule has 0 saturated heterocycles. The van der Waals surface area contributed by atoms with Crippen LogP contribution in [-0.2, 0) is 21.4 Å². The fraction of sp³-hybridized carbons (Fsp3) is 0.278. The molecule has 0 saturated carbocycles. The average Bonchev–Trinajstić information content (AvgIpc) is 2.57. The van der Waals surface area contributed by atoms with Gasteiger partial charge in [0.2, 0.25) is 15.9 Å². The van der Waals surface area contributed by atoms with E-state index in [4.69, 9.17) is 0 Å². The van der Waals surface area contributed by atoms with Crippen molar-refractivity contribution in [2.75, 3.05) is 13.6 Å². The zero-order chi connectivity index (χ0) is 18.4. The Labute approximate surface area is 157 Å². The molecule has 0 unspecified atom stereocenters. The molecule has 0 fully saturated rings. The van der Waals surface area contributed by atoms with Crippen molar-refractivity contribution >= 4 is 31.9 Å². The molecule has 0 aliphatic rings. The van der Waals surface area contributed by atoms with E-state index in [1.165, 1.54) is 12.1 Å². The lowest BCUT2D eigenvalue weighted by Crippen LogP contribution is -2.32. The van der Waals surface area contributed by atoms with Gasteiger partial charge in [-0.05, 0) is 42.3 Å². The Kier molecular flexibility index (Phi) is 6.75. The highest BCUT2D eigenvalue weighted by Crippen LogP contribution is 2.14. The lowest BCUT2D eigenvalue weighted by atomic mass is 10.1. The fourth-order valence-corrected chi connectivity index (χ4v) is 3.61. The minimum atomic E-state index is -3.61. The Bertz CT molecular complexity index is 836. The largest absolute Gasteiger partial charge is 0.341 e. The van der Waals surface area contributed by atoms with E-state index in [0.29, 0.717) is 6.54 Å². The maximum absolute atomic E-state index is 12.2. The van der Waals surface area contributed by atoms with Crippen LogP contribution in [0, 0.1) is 6.92 Å². The number of hydrogen-bond donors (Lipinski definition) is 1. The van der Waals surface area contributed by atoms with Crippen LogP contribution in [0.25, 0.3) is 0 Å². The number of hydrogen-bond acceptors (Lipinski definition) is 3. The van der Waals surface area contributed by atoms with E-state index in [0.717, 1.165) is 15.6 Å². The predicted octanol–water partition coefficient (Wildman–Crippen LogP) is 3.08. The number of sulfonamides is 1. The second-order valence-corrected chi connectivity index (χ2v) is 8.46. The van der Waals surface area contributed by atoms with Crippen LogP contribution in [-0.4, -0.2) is 32.8 Å². The number of aryl methyl sites for hydroxylation is 1. The molecule has 7 heteroatoms. The molecule has 0 aliphatic heterocycles. The summed E-state index contributed by atoms with van der Waals surface area (Å²) in [6, 6.07) is 14.2. The zero-order valence-electron chi connectivity index (χ0n) is 14.2. The normalized spacial score (nSPS) is 11.3. The van der Waals surface area contributed by atoms with E-state index in [1.54, 1.807) is 24.1 Å². The Hall–Kier alpha value is -1.70. The van der Waals surface area contributed by atoms with Crippen LogP contribution in [0.5, 0.6) is 0 Å². The molecule has 134 valence electrons. The van der Waals surface area contributed by atoms with Gasteiger partial charge in [0, 0.05) is 31.0 Å². The number of nitrogens with one attached hydrogen (secondary N) is 1. The van der Waals surface area contributed by atoms with Crippen molar-refractivity contribution in [1.29, 1.82) is 0 Å². The summed E-state index contributed by atoms with van der Waals surface area (Å²) in [6.07, 6.45) is 0.109. The zero-order valence-corrected chi connectivity index (χ0v) is 16.6. The molecule has 0 radical (unpaired) electrons. The number of nitrogens with zero attached hydrogens (tertiary/aromatic N) is 1. The Morgan fingerprint density at radius 1 is 1.12 bits per heavy atom. The first-order chi connectivity index (χ1) is 11.8. The highest BCUT2D eigenvalue weighted by atomic mass is 79.9. The second kappa shape index (κ2) is 8.60. The van der Waals surface area contributed by atoms with E-state index in [1.807, 2.05) is 31.2 Å². The van der Waals surface area contributed by atoms with E-state index < -0.39 is 10.0 Å². The molecule has 1 N–H and O–H groups in total. The maximum Gasteiger partial charge on any atom is 0.240 e. The van der Waals surface area contributed by atoms with Crippen LogP contribution < -0.4 is 4.72 Å². The number of carbonyl (C=O) groups excluding carboxylic acids is 1. The monoisotopic (exact) mass is 424 g/mol. The number of rotatable bonds is 7. The molecule has 2 aromatic carbocycles. The molecule has 2 rings (SSSR count). The molecule has 0 aliphatic carbocycles. The number of halogens is 1. The SMILES string of the molecule is Cc1ccccc1CN(C)C(=O)CCNS(=O)(=O)c1ccc(Br)cc1. The topological polar surface area (TPSA) is 66.5 Å². The first-order valence-electron chi connectivity index (χ1n) is 7.83. The van der Waals surface area contributed by atoms with Crippen LogP contribution in [0.2, 0.25) is 0 Å². The third-order valence-electron chi connectivity index (χ3n) is 3.85. The van der Waals surface area contributed by atoms with Crippen molar-refractivity contribution in [3.05, 3.63) is 64.1 Å². The molecular weight excluding hydrogens is 404 g/mol. The van der Waals surface area contributed by atoms with Crippen LogP contribution in [0.1, 0.15) is 17.5 Å². The molecule has 0 heterocycles. The molecule has 0 bridgehead atoms. The summed E-state index contributed by atoms with van der Waals surface area (Å²) in [7, 11) is -1.89. The van der Waals surface area contributed by atoms with Crippen molar-refractivity contribution < 1.29 is 13.2 Å². The first-order valence-corrected chi connectivity index (χ1v) is 10.1. The average molecular weight is 425 g/mol. The van der Waals surface area contributed by atoms with E-state index in [9.17, 15) is 13.2 Å². The van der Waals surface area contributed by atoms with Crippen LogP contribution in [0.4, 0.5) is 0 Å². The minimum absolute atomic E-state index is 0.0648. The summed E-state index contributed by atoms with van der Waals surface area (Å²) in [5.41, 5.74) is 2.20. The lowest BCUT2D eigenvalue weighted by molar-refractivity contribution is -0.130. The molecule has 25 heavy (non-hydrogen) atoms. The van der Waals surface area contributed by atoms with Crippen molar-refractivity contribution in [3.63, 3.8) is 0 Å². The summed E-state index contributed by atoms with van der Waals surface area (Å²) in [4.78, 5) is 14.0. The van der Waals surface area contributed by atoms with Gasteiger partial charge in [0.25, 0.3) is 0 Å². The van der Waals surface area contributed by atoms with Gasteiger partial charge in [-0.15, -0.1) is 0 Å². The second-order valence-electron chi connectivity index (χ2n) is 5.78. The number of amides is 1. The summed E-state index contributed by atoms with van der Waals surface area (Å²) in [6.45, 7) is 2.57. The maximum atomic E-state index is 12.2. The molecule has 0 spiro atoms. The quantitative estimate of drug-likeness (QED) is 0.742. The fourth-order valence-electron chi connectivity index (χ4n) is 2.31. The van der Waals surface area contributed by atoms with Crippen molar-refractivity contribution in [2.24, 2.45) is 0 Å². The number of benzene rings is 2. The first kappa shape index (κ1) is 19.6. The third-order valence-corrected chi connectivity index (χ3v) is 5.86. The highest BCUT2D eigenvalue weighted by Gasteiger charge is 2.15. The van der Waals surface area contributed by atoms with Crippen LogP contribution in [0.15, 0.2) is 57.9 Å². The molecule has 0 aromatic heterocycles. The molecule has 0 atom stereocenters. The molecule has 1 amide bonds. The van der Waals surface area contributed by atoms with Gasteiger partial charge < -0.3 is 4.90 Å². The summed E-state index contributed by atoms with van der Waals surface area (Å²) in [5.74, 6) is -0.109. The van der Waals surface area contributed by atoms with E-state index in [-0.39, 0.29) is 23.8 Å². The standard InChI is InChI=1S/C18H21BrN2O3S/c1-14-5-3-4-6-15(14)13-21(2)18(22)11-12-20-25(23,24)17-9-7-16(19)8-10-17/h3-10,20H,11-13H2,1-2H3. The van der Waals surface area contributed by atoms with Gasteiger partial charge in [-0.2, -0.15) is 0 Å². The van der Waals surface area contributed by atoms with Gasteiger partial charge in [0.1, 0.15) is 0 Å². The molecular formula is C18H21BrN2O3S. The van der Waals surface area contributed by atoms with Crippen LogP contribution >= 0.6 is 15.9 Å². The van der Waals surface area contributed by atoms with Gasteiger partial charge >= 0.3 is 0 Å². The van der Waals surface area contributed by atoms with Gasteiger partial charge in [-0.1, -0.05) is 40.2 Å². The van der Waals surface area contributed by atoms with Crippen molar-refractivity contribution in [1.82, 2.24) is 9.62 Å². The lowest BCUT2D eigenvalue weighted by Gasteiger charge is -2.18. The summed E-state index contributed by atoms with van der Waals surface area (Å²) >= 11 is 3.27. The third kappa shape index (κ3) is 5.66. The van der Waals surface area contributed by atoms with Gasteiger partial charge in [0.15, 0.2) is 0 Å². The molecule has 5 nitrogen and oxygen atoms in total. The Morgan fingerprint density at radius 2 is 1.76 bits per heavy atom. The van der Waals surface area contributed by atoms with E-state index in [2.05, 4.69) is 20.7 Å². The van der Waals surface area contributed by atoms with E-state index >= 15 is 0 Å². The van der Waals surface area contributed by atoms with Crippen LogP contribution in [0.3, 0.4) is 0 Å². The number of carbonyl (C=O) groups is 1. The molecule has 2 aromatic rings. The highest BCUT2D eigenvalue weighted by molar-refractivity contribution is 9.10. The summed E-state index contributed by atoms with van der Waals surface area (Å²) in [5, 5.41) is 0.